The van der Waals surface area contributed by atoms with Crippen LogP contribution in [0, 0.1) is 11.7 Å². The molecule has 0 aliphatic carbocycles. The third-order valence-corrected chi connectivity index (χ3v) is 3.44. The minimum Gasteiger partial charge on any atom is -0.365 e. The summed E-state index contributed by atoms with van der Waals surface area (Å²) in [6, 6.07) is 2.11. The molecule has 3 nitrogen and oxygen atoms in total. The van der Waals surface area contributed by atoms with E-state index in [0.717, 1.165) is 31.2 Å². The van der Waals surface area contributed by atoms with Gasteiger partial charge in [0.05, 0.1) is 18.1 Å². The fourth-order valence-electron chi connectivity index (χ4n) is 2.58. The molecule has 2 aliphatic rings. The maximum absolute atomic E-state index is 13.0. The lowest BCUT2D eigenvalue weighted by molar-refractivity contribution is 0.229. The van der Waals surface area contributed by atoms with Crippen molar-refractivity contribution in [3.8, 4) is 0 Å². The molecule has 1 aromatic heterocycles. The van der Waals surface area contributed by atoms with Gasteiger partial charge in [0.15, 0.2) is 0 Å². The second-order valence-corrected chi connectivity index (χ2v) is 4.33. The van der Waals surface area contributed by atoms with Gasteiger partial charge in [-0.2, -0.15) is 0 Å². The van der Waals surface area contributed by atoms with Crippen LogP contribution in [0.5, 0.6) is 0 Å². The Morgan fingerprint density at radius 2 is 2.40 bits per heavy atom. The first-order valence-electron chi connectivity index (χ1n) is 5.42. The number of rotatable bonds is 1. The van der Waals surface area contributed by atoms with Crippen molar-refractivity contribution in [1.82, 2.24) is 10.3 Å². The van der Waals surface area contributed by atoms with Crippen LogP contribution in [0.15, 0.2) is 18.5 Å². The van der Waals surface area contributed by atoms with Crippen molar-refractivity contribution in [2.75, 3.05) is 24.5 Å². The standard InChI is InChI=1S/C11H14FN3/c12-9-3-10(5-14-4-9)15-7-8-1-2-13-6-11(8)15/h3-5,8,11,13H,1-2,6-7H2. The van der Waals surface area contributed by atoms with E-state index in [2.05, 4.69) is 15.2 Å². The van der Waals surface area contributed by atoms with Crippen LogP contribution in [-0.4, -0.2) is 30.7 Å². The SMILES string of the molecule is Fc1cncc(N2CC3CCNCC32)c1. The van der Waals surface area contributed by atoms with Crippen molar-refractivity contribution in [2.24, 2.45) is 5.92 Å². The van der Waals surface area contributed by atoms with Gasteiger partial charge in [0.1, 0.15) is 5.82 Å². The lowest BCUT2D eigenvalue weighted by Crippen LogP contribution is -2.63. The molecule has 0 saturated carbocycles. The van der Waals surface area contributed by atoms with Crippen molar-refractivity contribution >= 4 is 5.69 Å². The summed E-state index contributed by atoms with van der Waals surface area (Å²) >= 11 is 0. The molecular weight excluding hydrogens is 193 g/mol. The minimum atomic E-state index is -0.250. The molecule has 2 atom stereocenters. The van der Waals surface area contributed by atoms with E-state index in [0.29, 0.717) is 6.04 Å². The van der Waals surface area contributed by atoms with E-state index in [9.17, 15) is 4.39 Å². The number of halogens is 1. The zero-order valence-corrected chi connectivity index (χ0v) is 8.49. The number of piperidine rings is 1. The molecule has 3 heterocycles. The van der Waals surface area contributed by atoms with E-state index < -0.39 is 0 Å². The second kappa shape index (κ2) is 3.45. The maximum atomic E-state index is 13.0. The number of pyridine rings is 1. The maximum Gasteiger partial charge on any atom is 0.143 e. The topological polar surface area (TPSA) is 28.2 Å². The van der Waals surface area contributed by atoms with E-state index in [1.165, 1.54) is 12.6 Å². The molecule has 2 aliphatic heterocycles. The van der Waals surface area contributed by atoms with Crippen LogP contribution in [0.4, 0.5) is 10.1 Å². The molecule has 2 unspecified atom stereocenters. The van der Waals surface area contributed by atoms with Gasteiger partial charge in [-0.25, -0.2) is 4.39 Å². The zero-order chi connectivity index (χ0) is 10.3. The molecule has 0 bridgehead atoms. The first-order valence-corrected chi connectivity index (χ1v) is 5.42. The van der Waals surface area contributed by atoms with Crippen molar-refractivity contribution in [3.63, 3.8) is 0 Å². The Morgan fingerprint density at radius 3 is 3.20 bits per heavy atom. The van der Waals surface area contributed by atoms with E-state index in [1.54, 1.807) is 12.3 Å². The van der Waals surface area contributed by atoms with Crippen molar-refractivity contribution in [1.29, 1.82) is 0 Å². The number of hydrogen-bond donors (Lipinski definition) is 1. The predicted molar refractivity (Wildman–Crippen MR) is 56.3 cm³/mol. The molecule has 3 rings (SSSR count). The fraction of sp³-hybridized carbons (Fsp3) is 0.545. The number of aromatic nitrogens is 1. The van der Waals surface area contributed by atoms with Crippen LogP contribution in [0.25, 0.3) is 0 Å². The van der Waals surface area contributed by atoms with E-state index in [1.807, 2.05) is 0 Å². The van der Waals surface area contributed by atoms with Gasteiger partial charge in [-0.05, 0) is 18.9 Å². The van der Waals surface area contributed by atoms with Crippen molar-refractivity contribution in [3.05, 3.63) is 24.3 Å². The average molecular weight is 207 g/mol. The zero-order valence-electron chi connectivity index (χ0n) is 8.49. The lowest BCUT2D eigenvalue weighted by Gasteiger charge is -2.52. The molecule has 0 amide bonds. The van der Waals surface area contributed by atoms with Crippen molar-refractivity contribution in [2.45, 2.75) is 12.5 Å². The molecule has 0 spiro atoms. The Hall–Kier alpha value is -1.16. The highest BCUT2D eigenvalue weighted by Gasteiger charge is 2.40. The quantitative estimate of drug-likeness (QED) is 0.745. The van der Waals surface area contributed by atoms with Gasteiger partial charge < -0.3 is 10.2 Å². The number of anilines is 1. The summed E-state index contributed by atoms with van der Waals surface area (Å²) in [5.41, 5.74) is 0.917. The number of nitrogens with zero attached hydrogens (tertiary/aromatic N) is 2. The molecule has 2 fully saturated rings. The summed E-state index contributed by atoms with van der Waals surface area (Å²) in [6.45, 7) is 3.19. The molecule has 1 N–H and O–H groups in total. The minimum absolute atomic E-state index is 0.250. The summed E-state index contributed by atoms with van der Waals surface area (Å²) < 4.78 is 13.0. The summed E-state index contributed by atoms with van der Waals surface area (Å²) in [5, 5.41) is 3.37. The van der Waals surface area contributed by atoms with Crippen LogP contribution in [-0.2, 0) is 0 Å². The Labute approximate surface area is 88.3 Å². The van der Waals surface area contributed by atoms with E-state index in [4.69, 9.17) is 0 Å². The third kappa shape index (κ3) is 1.49. The molecule has 0 aromatic carbocycles. The highest BCUT2D eigenvalue weighted by atomic mass is 19.1. The smallest absolute Gasteiger partial charge is 0.143 e. The number of fused-ring (bicyclic) bond motifs is 1. The fourth-order valence-corrected chi connectivity index (χ4v) is 2.58. The van der Waals surface area contributed by atoms with Gasteiger partial charge in [0.2, 0.25) is 0 Å². The third-order valence-electron chi connectivity index (χ3n) is 3.44. The Morgan fingerprint density at radius 1 is 1.47 bits per heavy atom. The van der Waals surface area contributed by atoms with Crippen molar-refractivity contribution < 1.29 is 4.39 Å². The van der Waals surface area contributed by atoms with Gasteiger partial charge in [-0.1, -0.05) is 0 Å². The number of hydrogen-bond acceptors (Lipinski definition) is 3. The number of nitrogens with one attached hydrogen (secondary N) is 1. The predicted octanol–water partition coefficient (Wildman–Crippen LogP) is 1.02. The van der Waals surface area contributed by atoms with Gasteiger partial charge >= 0.3 is 0 Å². The van der Waals surface area contributed by atoms with Crippen LogP contribution >= 0.6 is 0 Å². The monoisotopic (exact) mass is 207 g/mol. The Balaban J connectivity index is 1.79. The van der Waals surface area contributed by atoms with Gasteiger partial charge in [-0.3, -0.25) is 4.98 Å². The van der Waals surface area contributed by atoms with Crippen LogP contribution in [0.1, 0.15) is 6.42 Å². The summed E-state index contributed by atoms with van der Waals surface area (Å²) in [6.07, 6.45) is 4.23. The second-order valence-electron chi connectivity index (χ2n) is 4.33. The van der Waals surface area contributed by atoms with E-state index in [-0.39, 0.29) is 5.82 Å². The van der Waals surface area contributed by atoms with Gasteiger partial charge in [0.25, 0.3) is 0 Å². The normalized spacial score (nSPS) is 29.5. The molecule has 2 saturated heterocycles. The molecule has 1 aromatic rings. The summed E-state index contributed by atoms with van der Waals surface area (Å²) in [4.78, 5) is 6.13. The highest BCUT2D eigenvalue weighted by Crippen LogP contribution is 2.33. The Bertz CT molecular complexity index is 369. The van der Waals surface area contributed by atoms with Crippen LogP contribution < -0.4 is 10.2 Å². The highest BCUT2D eigenvalue weighted by molar-refractivity contribution is 5.49. The molecule has 0 radical (unpaired) electrons. The summed E-state index contributed by atoms with van der Waals surface area (Å²) in [5.74, 6) is 0.536. The van der Waals surface area contributed by atoms with Crippen LogP contribution in [0.2, 0.25) is 0 Å². The first-order chi connectivity index (χ1) is 7.34. The Kier molecular flexibility index (Phi) is 2.09. The first kappa shape index (κ1) is 9.09. The average Bonchev–Trinajstić information content (AvgIpc) is 2.20. The molecule has 4 heteroatoms. The molecular formula is C11H14FN3. The largest absolute Gasteiger partial charge is 0.365 e. The summed E-state index contributed by atoms with van der Waals surface area (Å²) in [7, 11) is 0. The molecule has 80 valence electrons. The lowest BCUT2D eigenvalue weighted by atomic mass is 9.83. The molecule has 15 heavy (non-hydrogen) atoms. The van der Waals surface area contributed by atoms with Gasteiger partial charge in [-0.15, -0.1) is 0 Å². The van der Waals surface area contributed by atoms with Crippen LogP contribution in [0.3, 0.4) is 0 Å². The van der Waals surface area contributed by atoms with E-state index >= 15 is 0 Å². The van der Waals surface area contributed by atoms with Gasteiger partial charge in [0, 0.05) is 25.2 Å².